The molecule has 0 saturated heterocycles. The van der Waals surface area contributed by atoms with E-state index in [-0.39, 0.29) is 35.2 Å². The van der Waals surface area contributed by atoms with Crippen molar-refractivity contribution in [1.82, 2.24) is 19.9 Å². The monoisotopic (exact) mass is 580 g/mol. The lowest BCUT2D eigenvalue weighted by Crippen LogP contribution is -2.21. The molecule has 2 N–H and O–H groups in total. The normalized spacial score (nSPS) is 22.7. The van der Waals surface area contributed by atoms with Crippen LogP contribution in [0, 0.1) is 13.8 Å². The molecule has 8 bridgehead atoms. The van der Waals surface area contributed by atoms with Gasteiger partial charge in [0.1, 0.15) is 5.92 Å². The van der Waals surface area contributed by atoms with Crippen molar-refractivity contribution in [1.29, 1.82) is 0 Å². The maximum atomic E-state index is 14.0. The molecule has 3 aromatic rings. The molecule has 8 heteroatoms. The minimum Gasteiger partial charge on any atom is -0.468 e. The van der Waals surface area contributed by atoms with E-state index in [0.717, 1.165) is 69.7 Å². The number of nitrogens with zero attached hydrogens (tertiary/aromatic N) is 2. The summed E-state index contributed by atoms with van der Waals surface area (Å²) in [5.74, 6) is -1.52. The maximum absolute atomic E-state index is 14.0. The first kappa shape index (κ1) is 29.0. The summed E-state index contributed by atoms with van der Waals surface area (Å²) in [6.45, 7) is 14.1. The third kappa shape index (κ3) is 4.28. The number of ketones is 2. The number of ether oxygens (including phenoxy) is 1. The number of fused-ring (bicyclic) bond motifs is 8. The van der Waals surface area contributed by atoms with E-state index in [0.29, 0.717) is 22.2 Å². The topological polar surface area (TPSA) is 118 Å². The van der Waals surface area contributed by atoms with E-state index in [4.69, 9.17) is 14.7 Å². The van der Waals surface area contributed by atoms with Gasteiger partial charge in [-0.15, -0.1) is 0 Å². The van der Waals surface area contributed by atoms with Gasteiger partial charge in [0.25, 0.3) is 0 Å². The Labute approximate surface area is 251 Å². The van der Waals surface area contributed by atoms with Gasteiger partial charge in [0.2, 0.25) is 0 Å². The highest BCUT2D eigenvalue weighted by Gasteiger charge is 2.45. The van der Waals surface area contributed by atoms with Crippen LogP contribution in [0.5, 0.6) is 0 Å². The van der Waals surface area contributed by atoms with E-state index in [1.54, 1.807) is 6.92 Å². The molecule has 1 aliphatic carbocycles. The predicted octanol–water partition coefficient (Wildman–Crippen LogP) is 7.57. The zero-order valence-electron chi connectivity index (χ0n) is 26.3. The molecule has 3 aromatic heterocycles. The van der Waals surface area contributed by atoms with Crippen molar-refractivity contribution in [2.75, 3.05) is 7.11 Å². The van der Waals surface area contributed by atoms with Gasteiger partial charge < -0.3 is 14.7 Å². The average Bonchev–Trinajstić information content (AvgIpc) is 3.70. The molecule has 0 spiro atoms. The Bertz CT molecular complexity index is 1860. The molecule has 0 amide bonds. The lowest BCUT2D eigenvalue weighted by molar-refractivity contribution is -0.141. The van der Waals surface area contributed by atoms with Crippen LogP contribution in [-0.4, -0.2) is 44.6 Å². The van der Waals surface area contributed by atoms with E-state index in [2.05, 4.69) is 37.7 Å². The molecule has 224 valence electrons. The van der Waals surface area contributed by atoms with Gasteiger partial charge in [-0.2, -0.15) is 0 Å². The number of nitrogens with one attached hydrogen (secondary N) is 2. The predicted molar refractivity (Wildman–Crippen MR) is 167 cm³/mol. The van der Waals surface area contributed by atoms with Crippen molar-refractivity contribution in [3.05, 3.63) is 68.8 Å². The quantitative estimate of drug-likeness (QED) is 0.183. The van der Waals surface area contributed by atoms with Gasteiger partial charge in [-0.05, 0) is 62.9 Å². The molecule has 0 radical (unpaired) electrons. The smallest absolute Gasteiger partial charge is 0.321 e. The molecular formula is C35H40N4O4. The molecule has 43 heavy (non-hydrogen) atoms. The number of carbonyl (C=O) groups excluding carboxylic acids is 3. The first-order valence-electron chi connectivity index (χ1n) is 15.4. The molecule has 0 saturated carbocycles. The molecule has 5 heterocycles. The summed E-state index contributed by atoms with van der Waals surface area (Å²) < 4.78 is 5.18. The molecular weight excluding hydrogens is 540 g/mol. The number of aryl methyl sites for hydroxylation is 2. The highest BCUT2D eigenvalue weighted by molar-refractivity contribution is 6.23. The van der Waals surface area contributed by atoms with Crippen molar-refractivity contribution in [2.45, 2.75) is 97.3 Å². The van der Waals surface area contributed by atoms with Crippen LogP contribution in [0.2, 0.25) is 0 Å². The van der Waals surface area contributed by atoms with Gasteiger partial charge in [0.15, 0.2) is 11.6 Å². The Morgan fingerprint density at radius 3 is 2.16 bits per heavy atom. The van der Waals surface area contributed by atoms with Crippen LogP contribution in [0.4, 0.5) is 0 Å². The molecule has 0 unspecified atom stereocenters. The molecule has 6 rings (SSSR count). The standard InChI is InChI=1S/C35H40N4O4/c1-9-11-21-16(4)23-12-24-17(5)28(19(7)40)27(37-24)14-22-15(3)20(10-2)26(36-22)13-25-18(6)29-33(39-25)30(32(21)38-23)31(34(29)41)35(42)43-8/h12-16,20-21,31,37,39H,9-11H2,1-8H3/t15-,16+,20-,21+,31-/m1/s1. The Kier molecular flexibility index (Phi) is 7.14. The van der Waals surface area contributed by atoms with Gasteiger partial charge >= 0.3 is 5.97 Å². The third-order valence-electron chi connectivity index (χ3n) is 10.0. The van der Waals surface area contributed by atoms with Gasteiger partial charge in [0.05, 0.1) is 23.8 Å². The summed E-state index contributed by atoms with van der Waals surface area (Å²) in [6, 6.07) is 6.10. The van der Waals surface area contributed by atoms with Crippen molar-refractivity contribution >= 4 is 39.6 Å². The van der Waals surface area contributed by atoms with E-state index < -0.39 is 11.9 Å². The van der Waals surface area contributed by atoms with Crippen molar-refractivity contribution < 1.29 is 19.1 Å². The van der Waals surface area contributed by atoms with E-state index in [1.807, 2.05) is 32.0 Å². The Morgan fingerprint density at radius 1 is 0.884 bits per heavy atom. The fourth-order valence-electron chi connectivity index (χ4n) is 7.64. The van der Waals surface area contributed by atoms with Crippen LogP contribution in [0.15, 0.2) is 18.2 Å². The van der Waals surface area contributed by atoms with Crippen molar-refractivity contribution in [3.8, 4) is 0 Å². The van der Waals surface area contributed by atoms with Crippen LogP contribution in [-0.2, 0) is 9.53 Å². The van der Waals surface area contributed by atoms with Crippen LogP contribution >= 0.6 is 0 Å². The number of aromatic amines is 2. The first-order chi connectivity index (χ1) is 20.5. The average molecular weight is 581 g/mol. The zero-order valence-corrected chi connectivity index (χ0v) is 26.3. The molecule has 5 atom stereocenters. The van der Waals surface area contributed by atoms with Gasteiger partial charge in [-0.25, -0.2) is 0 Å². The van der Waals surface area contributed by atoms with Crippen LogP contribution < -0.4 is 0 Å². The summed E-state index contributed by atoms with van der Waals surface area (Å²) in [7, 11) is 1.33. The number of H-pyrrole nitrogens is 2. The fraction of sp³-hybridized carbons (Fsp3) is 0.457. The second-order valence-corrected chi connectivity index (χ2v) is 12.5. The lowest BCUT2D eigenvalue weighted by atomic mass is 9.84. The Hall–Kier alpha value is -4.07. The summed E-state index contributed by atoms with van der Waals surface area (Å²) in [5.41, 5.74) is 10.0. The number of carbonyl (C=O) groups is 3. The van der Waals surface area contributed by atoms with Crippen LogP contribution in [0.3, 0.4) is 0 Å². The molecule has 8 nitrogen and oxygen atoms in total. The van der Waals surface area contributed by atoms with Crippen LogP contribution in [0.1, 0.15) is 144 Å². The van der Waals surface area contributed by atoms with E-state index in [1.165, 1.54) is 7.11 Å². The van der Waals surface area contributed by atoms with Crippen molar-refractivity contribution in [3.63, 3.8) is 0 Å². The number of esters is 1. The van der Waals surface area contributed by atoms with E-state index >= 15 is 0 Å². The highest BCUT2D eigenvalue weighted by Crippen LogP contribution is 2.48. The summed E-state index contributed by atoms with van der Waals surface area (Å²) in [6.07, 6.45) is 2.66. The largest absolute Gasteiger partial charge is 0.468 e. The third-order valence-corrected chi connectivity index (χ3v) is 10.0. The lowest BCUT2D eigenvalue weighted by Gasteiger charge is -2.18. The second kappa shape index (κ2) is 10.6. The second-order valence-electron chi connectivity index (χ2n) is 12.5. The SMILES string of the molecule is CCC[C@@H]1c2nc(cc3[nH]c(cc4nc(cc5[nH]c6c(c5C)C(=O)[C@H](C(=O)OC)c26)[C@H](CC)[C@H]4C)c(C(C)=O)c3C)[C@H]1C. The fourth-order valence-corrected chi connectivity index (χ4v) is 7.64. The summed E-state index contributed by atoms with van der Waals surface area (Å²) in [5, 5.41) is 0. The molecule has 0 fully saturated rings. The van der Waals surface area contributed by atoms with Gasteiger partial charge in [-0.1, -0.05) is 34.1 Å². The van der Waals surface area contributed by atoms with Crippen LogP contribution in [0.25, 0.3) is 22.1 Å². The van der Waals surface area contributed by atoms with Crippen molar-refractivity contribution in [2.24, 2.45) is 0 Å². The number of Topliss-reactive ketones (excluding diaryl/α,β-unsaturated/α-hetero) is 2. The first-order valence-corrected chi connectivity index (χ1v) is 15.4. The summed E-state index contributed by atoms with van der Waals surface area (Å²) >= 11 is 0. The number of aromatic nitrogens is 4. The number of hydrogen-bond acceptors (Lipinski definition) is 6. The van der Waals surface area contributed by atoms with Gasteiger partial charge in [-0.3, -0.25) is 24.4 Å². The maximum Gasteiger partial charge on any atom is 0.321 e. The zero-order chi connectivity index (χ0) is 30.9. The minimum absolute atomic E-state index is 0.00755. The minimum atomic E-state index is -1.06. The van der Waals surface area contributed by atoms with Gasteiger partial charge in [0, 0.05) is 68.5 Å². The Morgan fingerprint density at radius 2 is 1.51 bits per heavy atom. The molecule has 0 aromatic carbocycles. The Balaban J connectivity index is 1.83. The number of rotatable bonds is 5. The number of hydrogen-bond donors (Lipinski definition) is 2. The molecule has 2 aliphatic heterocycles. The highest BCUT2D eigenvalue weighted by atomic mass is 16.5. The summed E-state index contributed by atoms with van der Waals surface area (Å²) in [4.78, 5) is 57.5. The molecule has 3 aliphatic rings. The van der Waals surface area contributed by atoms with E-state index in [9.17, 15) is 14.4 Å². The number of methoxy groups -OCH3 is 1.